The van der Waals surface area contributed by atoms with Gasteiger partial charge in [-0.25, -0.2) is 0 Å². The highest BCUT2D eigenvalue weighted by Crippen LogP contribution is 2.44. The number of hydrogen-bond acceptors (Lipinski definition) is 0. The van der Waals surface area contributed by atoms with E-state index in [9.17, 15) is 0 Å². The lowest BCUT2D eigenvalue weighted by Gasteiger charge is -2.32. The molecule has 0 aliphatic heterocycles. The van der Waals surface area contributed by atoms with Crippen LogP contribution in [-0.4, -0.2) is 6.66 Å². The Morgan fingerprint density at radius 1 is 0.264 bits per heavy atom. The Balaban J connectivity index is 1.43. The van der Waals surface area contributed by atoms with E-state index in [0.29, 0.717) is 0 Å². The summed E-state index contributed by atoms with van der Waals surface area (Å²) < 4.78 is 0. The molecule has 8 aromatic carbocycles. The molecular weight excluding hydrogens is 693 g/mol. The van der Waals surface area contributed by atoms with Crippen molar-refractivity contribution in [2.45, 2.75) is 5.92 Å². The van der Waals surface area contributed by atoms with Crippen LogP contribution in [0, 0.1) is 0 Å². The fourth-order valence-electron chi connectivity index (χ4n) is 7.36. The minimum Gasteiger partial charge on any atom is -0.0622 e. The minimum atomic E-state index is -0.851. The summed E-state index contributed by atoms with van der Waals surface area (Å²) in [5, 5.41) is 11.1. The zero-order valence-electron chi connectivity index (χ0n) is 29.8. The molecule has 0 aliphatic rings. The van der Waals surface area contributed by atoms with Crippen molar-refractivity contribution in [3.63, 3.8) is 0 Å². The molecule has 3 heteroatoms. The van der Waals surface area contributed by atoms with Gasteiger partial charge in [-0.1, -0.05) is 224 Å². The highest BCUT2D eigenvalue weighted by molar-refractivity contribution is 7.80. The van der Waals surface area contributed by atoms with E-state index < -0.39 is 23.8 Å². The van der Waals surface area contributed by atoms with E-state index in [1.807, 2.05) is 0 Å². The second-order valence-electron chi connectivity index (χ2n) is 13.0. The van der Waals surface area contributed by atoms with E-state index >= 15 is 0 Å². The van der Waals surface area contributed by atoms with Crippen LogP contribution in [0.25, 0.3) is 0 Å². The quantitative estimate of drug-likeness (QED) is 0.0918. The van der Waals surface area contributed by atoms with Gasteiger partial charge in [0.2, 0.25) is 0 Å². The molecule has 0 radical (unpaired) electrons. The maximum absolute atomic E-state index is 2.43. The topological polar surface area (TPSA) is 0 Å². The maximum atomic E-state index is 2.43. The molecule has 8 aromatic rings. The summed E-state index contributed by atoms with van der Waals surface area (Å²) in [5.41, 5.74) is 4.13. The van der Waals surface area contributed by atoms with Crippen molar-refractivity contribution in [1.82, 2.24) is 0 Å². The van der Waals surface area contributed by atoms with Gasteiger partial charge in [0.1, 0.15) is 0 Å². The minimum absolute atomic E-state index is 0.00195. The molecule has 1 unspecified atom stereocenters. The molecule has 0 aromatic heterocycles. The van der Waals surface area contributed by atoms with Gasteiger partial charge in [0.25, 0.3) is 0 Å². The molecule has 0 heterocycles. The van der Waals surface area contributed by atoms with Crippen LogP contribution in [0.1, 0.15) is 22.6 Å². The van der Waals surface area contributed by atoms with Gasteiger partial charge in [0.15, 0.2) is 0 Å². The smallest absolute Gasteiger partial charge is 0.0359 e. The molecule has 0 aliphatic carbocycles. The summed E-state index contributed by atoms with van der Waals surface area (Å²) in [6, 6.07) is 83.6. The molecule has 53 heavy (non-hydrogen) atoms. The molecule has 0 spiro atoms. The standard InChI is InChI=1S/C50H41P3/c1-51(39-23-7-2-8-24-39)47-36-20-17-33-44(47)50(45-34-18-21-37-48(45)52(40-25-9-3-10-26-40)41-27-11-4-12-28-41)46-35-19-22-38-49(46)53(42-29-13-5-14-30-42)43-31-15-6-16-32-43/h2-38,50H,1H3. The molecule has 0 fully saturated rings. The molecule has 0 amide bonds. The van der Waals surface area contributed by atoms with Crippen molar-refractivity contribution in [2.75, 3.05) is 6.66 Å². The number of hydrogen-bond donors (Lipinski definition) is 0. The first-order chi connectivity index (χ1) is 26.3. The fraction of sp³-hybridized carbons (Fsp3) is 0.0400. The van der Waals surface area contributed by atoms with E-state index in [-0.39, 0.29) is 5.92 Å². The Morgan fingerprint density at radius 2 is 0.509 bits per heavy atom. The van der Waals surface area contributed by atoms with Crippen LogP contribution in [0.4, 0.5) is 0 Å². The lowest BCUT2D eigenvalue weighted by atomic mass is 9.85. The summed E-state index contributed by atoms with van der Waals surface area (Å²) in [4.78, 5) is 0. The van der Waals surface area contributed by atoms with Crippen molar-refractivity contribution < 1.29 is 0 Å². The Labute approximate surface area is 318 Å². The van der Waals surface area contributed by atoms with E-state index in [0.717, 1.165) is 0 Å². The highest BCUT2D eigenvalue weighted by atomic mass is 31.1. The van der Waals surface area contributed by atoms with Gasteiger partial charge in [-0.3, -0.25) is 0 Å². The monoisotopic (exact) mass is 734 g/mol. The van der Waals surface area contributed by atoms with Gasteiger partial charge in [0.05, 0.1) is 0 Å². The summed E-state index contributed by atoms with van der Waals surface area (Å²) in [7, 11) is -2.32. The summed E-state index contributed by atoms with van der Waals surface area (Å²) in [6.45, 7) is 2.43. The molecule has 8 rings (SSSR count). The average Bonchev–Trinajstić information content (AvgIpc) is 3.24. The number of rotatable bonds is 11. The Bertz CT molecular complexity index is 2160. The van der Waals surface area contributed by atoms with Crippen molar-refractivity contribution in [1.29, 1.82) is 0 Å². The van der Waals surface area contributed by atoms with Crippen molar-refractivity contribution in [3.05, 3.63) is 241 Å². The molecular formula is C50H41P3. The van der Waals surface area contributed by atoms with Gasteiger partial charge < -0.3 is 0 Å². The first-order valence-corrected chi connectivity index (χ1v) is 22.6. The molecule has 256 valence electrons. The zero-order chi connectivity index (χ0) is 35.8. The van der Waals surface area contributed by atoms with E-state index in [4.69, 9.17) is 0 Å². The SMILES string of the molecule is CP(c1ccccc1)c1ccccc1C(c1ccccc1P(c1ccccc1)c1ccccc1)c1ccccc1P(c1ccccc1)c1ccccc1. The summed E-state index contributed by atoms with van der Waals surface area (Å²) in [5.74, 6) is 0.00195. The number of benzene rings is 8. The maximum Gasteiger partial charge on any atom is 0.0359 e. The van der Waals surface area contributed by atoms with Gasteiger partial charge >= 0.3 is 0 Å². The largest absolute Gasteiger partial charge is 0.0622 e. The van der Waals surface area contributed by atoms with Gasteiger partial charge in [-0.2, -0.15) is 0 Å². The van der Waals surface area contributed by atoms with Gasteiger partial charge in [-0.05, 0) is 89.6 Å². The lowest BCUT2D eigenvalue weighted by molar-refractivity contribution is 1.00. The Hall–Kier alpha value is -4.95. The van der Waals surface area contributed by atoms with Gasteiger partial charge in [0, 0.05) is 5.92 Å². The van der Waals surface area contributed by atoms with Crippen LogP contribution >= 0.6 is 23.8 Å². The highest BCUT2D eigenvalue weighted by Gasteiger charge is 2.31. The first kappa shape index (κ1) is 35.1. The van der Waals surface area contributed by atoms with Crippen molar-refractivity contribution in [3.8, 4) is 0 Å². The fourth-order valence-corrected chi connectivity index (χ4v) is 14.1. The zero-order valence-corrected chi connectivity index (χ0v) is 32.5. The van der Waals surface area contributed by atoms with E-state index in [2.05, 4.69) is 231 Å². The van der Waals surface area contributed by atoms with Crippen LogP contribution in [0.2, 0.25) is 0 Å². The van der Waals surface area contributed by atoms with Gasteiger partial charge in [-0.15, -0.1) is 0 Å². The Morgan fingerprint density at radius 3 is 0.849 bits per heavy atom. The summed E-state index contributed by atoms with van der Waals surface area (Å²) >= 11 is 0. The second kappa shape index (κ2) is 16.8. The van der Waals surface area contributed by atoms with Crippen LogP contribution in [0.3, 0.4) is 0 Å². The van der Waals surface area contributed by atoms with Crippen LogP contribution in [-0.2, 0) is 0 Å². The third-order valence-corrected chi connectivity index (χ3v) is 17.0. The van der Waals surface area contributed by atoms with Crippen molar-refractivity contribution in [2.24, 2.45) is 0 Å². The molecule has 0 bridgehead atoms. The molecule has 0 saturated heterocycles. The molecule has 1 atom stereocenters. The average molecular weight is 735 g/mol. The normalized spacial score (nSPS) is 11.9. The molecule has 0 saturated carbocycles. The van der Waals surface area contributed by atoms with Crippen LogP contribution in [0.15, 0.2) is 224 Å². The molecule has 0 N–H and O–H groups in total. The first-order valence-electron chi connectivity index (χ1n) is 18.1. The van der Waals surface area contributed by atoms with Crippen LogP contribution in [0.5, 0.6) is 0 Å². The predicted octanol–water partition coefficient (Wildman–Crippen LogP) is 9.45. The molecule has 0 nitrogen and oxygen atoms in total. The predicted molar refractivity (Wildman–Crippen MR) is 236 cm³/mol. The van der Waals surface area contributed by atoms with E-state index in [1.54, 1.807) is 0 Å². The third-order valence-electron chi connectivity index (χ3n) is 9.79. The second-order valence-corrected chi connectivity index (χ2v) is 19.5. The van der Waals surface area contributed by atoms with Crippen LogP contribution < -0.4 is 42.4 Å². The summed E-state index contributed by atoms with van der Waals surface area (Å²) in [6.07, 6.45) is 0. The third kappa shape index (κ3) is 7.61. The lowest BCUT2D eigenvalue weighted by Crippen LogP contribution is -2.30. The van der Waals surface area contributed by atoms with Crippen molar-refractivity contribution >= 4 is 66.2 Å². The Kier molecular flexibility index (Phi) is 11.1. The van der Waals surface area contributed by atoms with E-state index in [1.165, 1.54) is 59.1 Å².